The second-order valence-electron chi connectivity index (χ2n) is 4.31. The van der Waals surface area contributed by atoms with Crippen LogP contribution in [0.25, 0.3) is 11.4 Å². The van der Waals surface area contributed by atoms with Crippen molar-refractivity contribution in [1.29, 1.82) is 0 Å². The van der Waals surface area contributed by atoms with E-state index in [9.17, 15) is 0 Å². The molecule has 0 radical (unpaired) electrons. The Morgan fingerprint density at radius 3 is 1.56 bits per heavy atom. The molecule has 0 aliphatic heterocycles. The highest BCUT2D eigenvalue weighted by molar-refractivity contribution is 5.54. The molecule has 0 atom stereocenters. The third-order valence-corrected chi connectivity index (χ3v) is 3.25. The van der Waals surface area contributed by atoms with Crippen molar-refractivity contribution in [3.05, 3.63) is 72.8 Å². The average molecular weight is 236 g/mol. The Morgan fingerprint density at radius 1 is 0.722 bits per heavy atom. The summed E-state index contributed by atoms with van der Waals surface area (Å²) in [6.07, 6.45) is 9.38. The Labute approximate surface area is 107 Å². The van der Waals surface area contributed by atoms with Gasteiger partial charge in [-0.15, -0.1) is 0 Å². The molecule has 0 bridgehead atoms. The minimum Gasteiger partial charge on any atom is -0.324 e. The first-order valence-electron chi connectivity index (χ1n) is 6.28. The van der Waals surface area contributed by atoms with Gasteiger partial charge in [0.15, 0.2) is 0 Å². The van der Waals surface area contributed by atoms with Crippen molar-refractivity contribution in [3.8, 4) is 11.4 Å². The summed E-state index contributed by atoms with van der Waals surface area (Å²) >= 11 is 0. The molecule has 2 heteroatoms. The Balaban J connectivity index is 2.20. The van der Waals surface area contributed by atoms with Gasteiger partial charge in [0.2, 0.25) is 0 Å². The number of hydrogen-bond acceptors (Lipinski definition) is 0. The summed E-state index contributed by atoms with van der Waals surface area (Å²) < 4.78 is 4.34. The van der Waals surface area contributed by atoms with Gasteiger partial charge in [0.25, 0.3) is 0 Å². The molecule has 1 aromatic carbocycles. The molecule has 2 aromatic heterocycles. The van der Waals surface area contributed by atoms with Gasteiger partial charge in [-0.2, -0.15) is 0 Å². The van der Waals surface area contributed by atoms with Crippen LogP contribution >= 0.6 is 0 Å². The van der Waals surface area contributed by atoms with E-state index in [4.69, 9.17) is 0 Å². The van der Waals surface area contributed by atoms with Gasteiger partial charge >= 0.3 is 0 Å². The zero-order valence-corrected chi connectivity index (χ0v) is 10.5. The van der Waals surface area contributed by atoms with Crippen LogP contribution in [-0.4, -0.2) is 9.13 Å². The maximum atomic E-state index is 2.20. The van der Waals surface area contributed by atoms with Gasteiger partial charge < -0.3 is 9.13 Å². The number of nitrogens with zero attached hydrogens (tertiary/aromatic N) is 2. The van der Waals surface area contributed by atoms with E-state index in [0.717, 1.165) is 6.42 Å². The first-order chi connectivity index (χ1) is 8.90. The zero-order valence-electron chi connectivity index (χ0n) is 10.5. The van der Waals surface area contributed by atoms with Crippen LogP contribution in [0.2, 0.25) is 0 Å². The smallest absolute Gasteiger partial charge is 0.0502 e. The molecule has 0 saturated carbocycles. The molecule has 0 amide bonds. The molecule has 18 heavy (non-hydrogen) atoms. The minimum absolute atomic E-state index is 1.02. The fourth-order valence-electron chi connectivity index (χ4n) is 2.40. The van der Waals surface area contributed by atoms with E-state index in [1.54, 1.807) is 0 Å². The predicted octanol–water partition coefficient (Wildman–Crippen LogP) is 3.83. The van der Waals surface area contributed by atoms with Gasteiger partial charge in [-0.3, -0.25) is 0 Å². The van der Waals surface area contributed by atoms with Crippen molar-refractivity contribution < 1.29 is 0 Å². The number of rotatable bonds is 3. The van der Waals surface area contributed by atoms with E-state index in [1.807, 2.05) is 0 Å². The molecular weight excluding hydrogens is 220 g/mol. The Morgan fingerprint density at radius 2 is 1.17 bits per heavy atom. The highest BCUT2D eigenvalue weighted by atomic mass is 15.0. The zero-order chi connectivity index (χ0) is 12.4. The van der Waals surface area contributed by atoms with Gasteiger partial charge in [-0.05, 0) is 48.4 Å². The lowest BCUT2D eigenvalue weighted by Gasteiger charge is -2.15. The lowest BCUT2D eigenvalue weighted by Crippen LogP contribution is -2.02. The van der Waals surface area contributed by atoms with E-state index in [-0.39, 0.29) is 0 Å². The highest BCUT2D eigenvalue weighted by Gasteiger charge is 2.08. The maximum absolute atomic E-state index is 2.20. The van der Waals surface area contributed by atoms with Crippen LogP contribution in [-0.2, 0) is 6.42 Å². The van der Waals surface area contributed by atoms with E-state index < -0.39 is 0 Å². The van der Waals surface area contributed by atoms with Crippen molar-refractivity contribution in [2.45, 2.75) is 13.3 Å². The molecule has 0 unspecified atom stereocenters. The van der Waals surface area contributed by atoms with E-state index in [2.05, 4.69) is 83.3 Å². The van der Waals surface area contributed by atoms with Crippen molar-refractivity contribution in [3.63, 3.8) is 0 Å². The summed E-state index contributed by atoms with van der Waals surface area (Å²) in [7, 11) is 0. The van der Waals surface area contributed by atoms with Gasteiger partial charge in [-0.25, -0.2) is 0 Å². The summed E-state index contributed by atoms with van der Waals surface area (Å²) in [6, 6.07) is 14.7. The quantitative estimate of drug-likeness (QED) is 0.654. The molecule has 0 aliphatic carbocycles. The Kier molecular flexibility index (Phi) is 2.77. The predicted molar refractivity (Wildman–Crippen MR) is 74.5 cm³/mol. The summed E-state index contributed by atoms with van der Waals surface area (Å²) in [4.78, 5) is 0. The van der Waals surface area contributed by atoms with Crippen LogP contribution in [0.3, 0.4) is 0 Å². The largest absolute Gasteiger partial charge is 0.324 e. The fourth-order valence-corrected chi connectivity index (χ4v) is 2.40. The molecule has 0 spiro atoms. The number of benzene rings is 1. The molecule has 2 heterocycles. The molecular formula is C16H16N2. The molecule has 0 aliphatic rings. The van der Waals surface area contributed by atoms with Crippen LogP contribution in [0.5, 0.6) is 0 Å². The number of hydrogen-bond donors (Lipinski definition) is 0. The summed E-state index contributed by atoms with van der Waals surface area (Å²) in [5.41, 5.74) is 3.88. The van der Waals surface area contributed by atoms with Crippen molar-refractivity contribution in [2.75, 3.05) is 0 Å². The fraction of sp³-hybridized carbons (Fsp3) is 0.125. The Bertz CT molecular complexity index is 567. The molecule has 0 N–H and O–H groups in total. The standard InChI is InChI=1S/C16H16N2/c1-2-14-15(17-10-3-4-11-17)8-7-9-16(14)18-12-5-6-13-18/h3-13H,2H2,1H3. The molecule has 0 saturated heterocycles. The summed E-state index contributed by atoms with van der Waals surface area (Å²) in [5, 5.41) is 0. The molecule has 2 nitrogen and oxygen atoms in total. The second-order valence-corrected chi connectivity index (χ2v) is 4.31. The third kappa shape index (κ3) is 1.76. The first kappa shape index (κ1) is 10.9. The molecule has 3 aromatic rings. The lowest BCUT2D eigenvalue weighted by molar-refractivity contribution is 0.969. The summed E-state index contributed by atoms with van der Waals surface area (Å²) in [5.74, 6) is 0. The van der Waals surface area contributed by atoms with Crippen LogP contribution < -0.4 is 0 Å². The van der Waals surface area contributed by atoms with Gasteiger partial charge in [0, 0.05) is 24.8 Å². The molecule has 90 valence electrons. The lowest BCUT2D eigenvalue weighted by atomic mass is 10.1. The van der Waals surface area contributed by atoms with Crippen LogP contribution in [0.1, 0.15) is 12.5 Å². The molecule has 0 fully saturated rings. The Hall–Kier alpha value is -2.22. The highest BCUT2D eigenvalue weighted by Crippen LogP contribution is 2.23. The minimum atomic E-state index is 1.02. The van der Waals surface area contributed by atoms with Gasteiger partial charge in [0.1, 0.15) is 0 Å². The third-order valence-electron chi connectivity index (χ3n) is 3.25. The second kappa shape index (κ2) is 4.57. The van der Waals surface area contributed by atoms with Crippen molar-refractivity contribution in [1.82, 2.24) is 9.13 Å². The van der Waals surface area contributed by atoms with Gasteiger partial charge in [0.05, 0.1) is 11.4 Å². The van der Waals surface area contributed by atoms with Crippen LogP contribution in [0.4, 0.5) is 0 Å². The topological polar surface area (TPSA) is 9.86 Å². The molecule has 3 rings (SSSR count). The van der Waals surface area contributed by atoms with Crippen molar-refractivity contribution in [2.24, 2.45) is 0 Å². The average Bonchev–Trinajstić information content (AvgIpc) is 3.10. The van der Waals surface area contributed by atoms with E-state index in [0.29, 0.717) is 0 Å². The first-order valence-corrected chi connectivity index (χ1v) is 6.28. The normalized spacial score (nSPS) is 10.7. The van der Waals surface area contributed by atoms with Crippen LogP contribution in [0.15, 0.2) is 67.3 Å². The maximum Gasteiger partial charge on any atom is 0.0502 e. The van der Waals surface area contributed by atoms with Crippen molar-refractivity contribution >= 4 is 0 Å². The van der Waals surface area contributed by atoms with E-state index in [1.165, 1.54) is 16.9 Å². The SMILES string of the molecule is CCc1c(-n2cccc2)cccc1-n1cccc1. The van der Waals surface area contributed by atoms with Gasteiger partial charge in [-0.1, -0.05) is 13.0 Å². The number of aromatic nitrogens is 2. The monoisotopic (exact) mass is 236 g/mol. The summed E-state index contributed by atoms with van der Waals surface area (Å²) in [6.45, 7) is 2.20. The van der Waals surface area contributed by atoms with Crippen LogP contribution in [0, 0.1) is 0 Å². The van der Waals surface area contributed by atoms with E-state index >= 15 is 0 Å².